The van der Waals surface area contributed by atoms with Crippen LogP contribution in [0.2, 0.25) is 4.34 Å². The van der Waals surface area contributed by atoms with E-state index in [-0.39, 0.29) is 5.92 Å². The molecular formula is C15H21ClOS. The standard InChI is InChI=1S/C15H21ClOS/c1-2-3-4-11-5-7-12(8-6-11)15(17)13-9-10-14(16)18-13/h9-12H,2-8H2,1H3. The summed E-state index contributed by atoms with van der Waals surface area (Å²) in [5.41, 5.74) is 0. The third-order valence-corrected chi connectivity index (χ3v) is 5.25. The van der Waals surface area contributed by atoms with E-state index < -0.39 is 0 Å². The molecule has 1 aromatic rings. The summed E-state index contributed by atoms with van der Waals surface area (Å²) < 4.78 is 0.718. The molecule has 0 N–H and O–H groups in total. The van der Waals surface area contributed by atoms with Crippen molar-refractivity contribution in [2.45, 2.75) is 51.9 Å². The smallest absolute Gasteiger partial charge is 0.175 e. The first kappa shape index (κ1) is 14.1. The Morgan fingerprint density at radius 1 is 1.33 bits per heavy atom. The van der Waals surface area contributed by atoms with E-state index in [9.17, 15) is 4.79 Å². The van der Waals surface area contributed by atoms with Crippen LogP contribution in [0.5, 0.6) is 0 Å². The Morgan fingerprint density at radius 2 is 2.06 bits per heavy atom. The summed E-state index contributed by atoms with van der Waals surface area (Å²) in [5, 5.41) is 0. The average Bonchev–Trinajstić information content (AvgIpc) is 2.83. The minimum absolute atomic E-state index is 0.248. The Balaban J connectivity index is 1.84. The Hall–Kier alpha value is -0.340. The number of halogens is 1. The Morgan fingerprint density at radius 3 is 2.61 bits per heavy atom. The number of hydrogen-bond donors (Lipinski definition) is 0. The molecule has 1 aliphatic carbocycles. The molecule has 0 unspecified atom stereocenters. The minimum Gasteiger partial charge on any atom is -0.293 e. The summed E-state index contributed by atoms with van der Waals surface area (Å²) in [6.45, 7) is 2.25. The van der Waals surface area contributed by atoms with Crippen molar-refractivity contribution in [3.63, 3.8) is 0 Å². The van der Waals surface area contributed by atoms with Crippen LogP contribution in [0.15, 0.2) is 12.1 Å². The second-order valence-corrected chi connectivity index (χ2v) is 7.04. The normalized spacial score (nSPS) is 24.1. The van der Waals surface area contributed by atoms with Gasteiger partial charge in [0.1, 0.15) is 0 Å². The molecule has 1 saturated carbocycles. The molecule has 0 bridgehead atoms. The number of rotatable bonds is 5. The lowest BCUT2D eigenvalue weighted by atomic mass is 9.78. The lowest BCUT2D eigenvalue weighted by molar-refractivity contribution is 0.0874. The number of hydrogen-bond acceptors (Lipinski definition) is 2. The van der Waals surface area contributed by atoms with E-state index in [1.165, 1.54) is 43.4 Å². The topological polar surface area (TPSA) is 17.1 Å². The van der Waals surface area contributed by atoms with Gasteiger partial charge in [0.2, 0.25) is 0 Å². The van der Waals surface area contributed by atoms with Gasteiger partial charge in [0.15, 0.2) is 5.78 Å². The predicted octanol–water partition coefficient (Wildman–Crippen LogP) is 5.58. The third-order valence-electron chi connectivity index (χ3n) is 4.00. The van der Waals surface area contributed by atoms with Gasteiger partial charge in [-0.05, 0) is 43.7 Å². The second-order valence-electron chi connectivity index (χ2n) is 5.33. The predicted molar refractivity (Wildman–Crippen MR) is 78.6 cm³/mol. The van der Waals surface area contributed by atoms with E-state index in [1.54, 1.807) is 0 Å². The van der Waals surface area contributed by atoms with Crippen LogP contribution >= 0.6 is 22.9 Å². The number of Topliss-reactive ketones (excluding diaryl/α,β-unsaturated/α-hetero) is 1. The Labute approximate surface area is 119 Å². The average molecular weight is 285 g/mol. The molecule has 1 aliphatic rings. The largest absolute Gasteiger partial charge is 0.293 e. The lowest BCUT2D eigenvalue weighted by Crippen LogP contribution is -2.21. The van der Waals surface area contributed by atoms with Crippen LogP contribution in [-0.2, 0) is 0 Å². The highest BCUT2D eigenvalue weighted by Crippen LogP contribution is 2.35. The van der Waals surface area contributed by atoms with E-state index in [0.29, 0.717) is 5.78 Å². The molecule has 3 heteroatoms. The fourth-order valence-electron chi connectivity index (χ4n) is 2.85. The molecule has 2 rings (SSSR count). The van der Waals surface area contributed by atoms with Crippen molar-refractivity contribution in [3.8, 4) is 0 Å². The molecule has 100 valence electrons. The van der Waals surface area contributed by atoms with Gasteiger partial charge in [-0.3, -0.25) is 4.79 Å². The van der Waals surface area contributed by atoms with Crippen molar-refractivity contribution in [2.75, 3.05) is 0 Å². The maximum atomic E-state index is 12.3. The van der Waals surface area contributed by atoms with Gasteiger partial charge in [-0.25, -0.2) is 0 Å². The molecular weight excluding hydrogens is 264 g/mol. The Kier molecular flexibility index (Phi) is 5.25. The molecule has 18 heavy (non-hydrogen) atoms. The first-order chi connectivity index (χ1) is 8.70. The highest BCUT2D eigenvalue weighted by molar-refractivity contribution is 7.18. The number of unbranched alkanes of at least 4 members (excludes halogenated alkanes) is 1. The van der Waals surface area contributed by atoms with Crippen molar-refractivity contribution in [2.24, 2.45) is 11.8 Å². The van der Waals surface area contributed by atoms with Crippen LogP contribution in [0.3, 0.4) is 0 Å². The first-order valence-corrected chi connectivity index (χ1v) is 8.19. The molecule has 1 nitrogen and oxygen atoms in total. The van der Waals surface area contributed by atoms with E-state index >= 15 is 0 Å². The summed E-state index contributed by atoms with van der Waals surface area (Å²) in [6.07, 6.45) is 8.58. The van der Waals surface area contributed by atoms with Crippen LogP contribution in [0, 0.1) is 11.8 Å². The highest BCUT2D eigenvalue weighted by atomic mass is 35.5. The van der Waals surface area contributed by atoms with Gasteiger partial charge in [0.05, 0.1) is 9.21 Å². The highest BCUT2D eigenvalue weighted by Gasteiger charge is 2.27. The zero-order valence-corrected chi connectivity index (χ0v) is 12.5. The summed E-state index contributed by atoms with van der Waals surface area (Å²) in [4.78, 5) is 13.1. The Bertz CT molecular complexity index is 391. The zero-order valence-electron chi connectivity index (χ0n) is 11.0. The third kappa shape index (κ3) is 3.58. The summed E-state index contributed by atoms with van der Waals surface area (Å²) in [7, 11) is 0. The molecule has 1 aromatic heterocycles. The van der Waals surface area contributed by atoms with Gasteiger partial charge in [0, 0.05) is 5.92 Å². The SMILES string of the molecule is CCCCC1CCC(C(=O)c2ccc(Cl)s2)CC1. The fourth-order valence-corrected chi connectivity index (χ4v) is 3.92. The molecule has 0 radical (unpaired) electrons. The maximum absolute atomic E-state index is 12.3. The summed E-state index contributed by atoms with van der Waals surface area (Å²) in [6, 6.07) is 3.70. The summed E-state index contributed by atoms with van der Waals surface area (Å²) in [5.74, 6) is 1.43. The van der Waals surface area contributed by atoms with Gasteiger partial charge in [0.25, 0.3) is 0 Å². The number of thiophene rings is 1. The van der Waals surface area contributed by atoms with Crippen molar-refractivity contribution in [3.05, 3.63) is 21.3 Å². The molecule has 0 saturated heterocycles. The monoisotopic (exact) mass is 284 g/mol. The fraction of sp³-hybridized carbons (Fsp3) is 0.667. The van der Waals surface area contributed by atoms with E-state index in [2.05, 4.69) is 6.92 Å². The van der Waals surface area contributed by atoms with Gasteiger partial charge >= 0.3 is 0 Å². The number of carbonyl (C=O) groups is 1. The van der Waals surface area contributed by atoms with E-state index in [1.807, 2.05) is 12.1 Å². The minimum atomic E-state index is 0.248. The first-order valence-electron chi connectivity index (χ1n) is 7.00. The molecule has 0 amide bonds. The molecule has 1 fully saturated rings. The molecule has 1 heterocycles. The van der Waals surface area contributed by atoms with Crippen LogP contribution < -0.4 is 0 Å². The lowest BCUT2D eigenvalue weighted by Gasteiger charge is -2.27. The van der Waals surface area contributed by atoms with Gasteiger partial charge < -0.3 is 0 Å². The molecule has 0 aliphatic heterocycles. The maximum Gasteiger partial charge on any atom is 0.175 e. The van der Waals surface area contributed by atoms with Gasteiger partial charge in [-0.2, -0.15) is 0 Å². The zero-order chi connectivity index (χ0) is 13.0. The van der Waals surface area contributed by atoms with Gasteiger partial charge in [-0.1, -0.05) is 37.8 Å². The van der Waals surface area contributed by atoms with Crippen molar-refractivity contribution in [1.29, 1.82) is 0 Å². The van der Waals surface area contributed by atoms with Crippen LogP contribution in [-0.4, -0.2) is 5.78 Å². The van der Waals surface area contributed by atoms with Crippen LogP contribution in [0.4, 0.5) is 0 Å². The second kappa shape index (κ2) is 6.72. The molecule has 0 spiro atoms. The number of ketones is 1. The molecule has 0 aromatic carbocycles. The number of carbonyl (C=O) groups excluding carboxylic acids is 1. The van der Waals surface area contributed by atoms with Crippen molar-refractivity contribution < 1.29 is 4.79 Å². The van der Waals surface area contributed by atoms with Crippen LogP contribution in [0.25, 0.3) is 0 Å². The van der Waals surface area contributed by atoms with Crippen molar-refractivity contribution >= 4 is 28.7 Å². The van der Waals surface area contributed by atoms with Gasteiger partial charge in [-0.15, -0.1) is 11.3 Å². The molecule has 0 atom stereocenters. The quantitative estimate of drug-likeness (QED) is 0.645. The summed E-state index contributed by atoms with van der Waals surface area (Å²) >= 11 is 7.31. The van der Waals surface area contributed by atoms with E-state index in [4.69, 9.17) is 11.6 Å². The van der Waals surface area contributed by atoms with E-state index in [0.717, 1.165) is 28.0 Å². The van der Waals surface area contributed by atoms with Crippen molar-refractivity contribution in [1.82, 2.24) is 0 Å². The van der Waals surface area contributed by atoms with Crippen LogP contribution in [0.1, 0.15) is 61.5 Å².